The number of carbonyl (C=O) groups excluding carboxylic acids is 3. The maximum atomic E-state index is 12.9. The summed E-state index contributed by atoms with van der Waals surface area (Å²) in [5.41, 5.74) is -0.278. The van der Waals surface area contributed by atoms with E-state index < -0.39 is 17.5 Å². The third-order valence-electron chi connectivity index (χ3n) is 6.09. The van der Waals surface area contributed by atoms with Crippen LogP contribution < -0.4 is 5.32 Å². The van der Waals surface area contributed by atoms with Crippen molar-refractivity contribution >= 4 is 39.4 Å². The second-order valence-corrected chi connectivity index (χ2v) is 9.16. The number of likely N-dealkylation sites (tertiary alicyclic amines) is 1. The Hall–Kier alpha value is -3.20. The predicted molar refractivity (Wildman–Crippen MR) is 114 cm³/mol. The van der Waals surface area contributed by atoms with Crippen molar-refractivity contribution in [3.05, 3.63) is 53.4 Å². The van der Waals surface area contributed by atoms with Crippen LogP contribution in [0, 0.1) is 0 Å². The van der Waals surface area contributed by atoms with Gasteiger partial charge < -0.3 is 14.6 Å². The quantitative estimate of drug-likeness (QED) is 0.632. The topological polar surface area (TPSA) is 95.8 Å². The van der Waals surface area contributed by atoms with E-state index in [1.807, 2.05) is 18.2 Å². The maximum Gasteiger partial charge on any atom is 0.325 e. The summed E-state index contributed by atoms with van der Waals surface area (Å²) in [6, 6.07) is 10.8. The van der Waals surface area contributed by atoms with Crippen molar-refractivity contribution in [2.45, 2.75) is 31.2 Å². The molecule has 1 aromatic carbocycles. The van der Waals surface area contributed by atoms with Crippen LogP contribution in [-0.2, 0) is 15.1 Å². The average molecular weight is 439 g/mol. The highest BCUT2D eigenvalue weighted by atomic mass is 32.1. The Kier molecular flexibility index (Phi) is 4.77. The summed E-state index contributed by atoms with van der Waals surface area (Å²) < 4.78 is 6.50. The Labute approximate surface area is 182 Å². The number of hydrogen-bond donors (Lipinski definition) is 1. The molecule has 2 aliphatic rings. The number of furan rings is 1. The summed E-state index contributed by atoms with van der Waals surface area (Å²) in [7, 11) is 0. The molecule has 0 aliphatic carbocycles. The molecule has 4 heterocycles. The molecule has 4 amide bonds. The first-order valence-corrected chi connectivity index (χ1v) is 11.1. The average Bonchev–Trinajstić information content (AvgIpc) is 3.50. The van der Waals surface area contributed by atoms with Gasteiger partial charge in [0.05, 0.1) is 21.5 Å². The van der Waals surface area contributed by atoms with Crippen molar-refractivity contribution in [1.29, 1.82) is 0 Å². The van der Waals surface area contributed by atoms with E-state index in [0.29, 0.717) is 24.8 Å². The Morgan fingerprint density at radius 3 is 2.71 bits per heavy atom. The molecule has 5 rings (SSSR count). The third-order valence-corrected chi connectivity index (χ3v) is 7.29. The number of hydrogen-bond acceptors (Lipinski definition) is 6. The number of amides is 4. The Bertz CT molecular complexity index is 1120. The minimum atomic E-state index is -1.29. The second-order valence-electron chi connectivity index (χ2n) is 8.10. The van der Waals surface area contributed by atoms with Gasteiger partial charge in [0.15, 0.2) is 5.54 Å². The first-order chi connectivity index (χ1) is 15.0. The lowest BCUT2D eigenvalue weighted by atomic mass is 9.97. The number of fused-ring (bicyclic) bond motifs is 1. The summed E-state index contributed by atoms with van der Waals surface area (Å²) >= 11 is 1.71. The van der Waals surface area contributed by atoms with Crippen LogP contribution in [-0.4, -0.2) is 52.3 Å². The molecule has 9 heteroatoms. The fourth-order valence-electron chi connectivity index (χ4n) is 4.25. The van der Waals surface area contributed by atoms with E-state index in [1.54, 1.807) is 35.3 Å². The number of aromatic nitrogens is 1. The fraction of sp³-hybridized carbons (Fsp3) is 0.364. The van der Waals surface area contributed by atoms with E-state index in [2.05, 4.69) is 11.4 Å². The number of benzene rings is 1. The molecule has 0 bridgehead atoms. The van der Waals surface area contributed by atoms with Crippen molar-refractivity contribution < 1.29 is 18.8 Å². The van der Waals surface area contributed by atoms with Crippen molar-refractivity contribution in [1.82, 2.24) is 20.1 Å². The van der Waals surface area contributed by atoms with Crippen LogP contribution in [0.2, 0.25) is 0 Å². The van der Waals surface area contributed by atoms with Crippen LogP contribution in [0.5, 0.6) is 0 Å². The first kappa shape index (κ1) is 19.7. The van der Waals surface area contributed by atoms with E-state index in [-0.39, 0.29) is 12.5 Å². The summed E-state index contributed by atoms with van der Waals surface area (Å²) in [5.74, 6) is -0.0436. The largest absolute Gasteiger partial charge is 0.466 e. The summed E-state index contributed by atoms with van der Waals surface area (Å²) in [6.07, 6.45) is 3.08. The van der Waals surface area contributed by atoms with Crippen molar-refractivity contribution in [2.75, 3.05) is 19.6 Å². The van der Waals surface area contributed by atoms with E-state index in [9.17, 15) is 14.4 Å². The van der Waals surface area contributed by atoms with Crippen LogP contribution >= 0.6 is 11.3 Å². The lowest BCUT2D eigenvalue weighted by Gasteiger charge is -2.32. The van der Waals surface area contributed by atoms with Gasteiger partial charge in [-0.2, -0.15) is 0 Å². The molecule has 0 spiro atoms. The van der Waals surface area contributed by atoms with Gasteiger partial charge in [-0.05, 0) is 44.0 Å². The van der Waals surface area contributed by atoms with Gasteiger partial charge >= 0.3 is 6.03 Å². The highest BCUT2D eigenvalue weighted by Gasteiger charge is 2.51. The zero-order chi connectivity index (χ0) is 21.6. The summed E-state index contributed by atoms with van der Waals surface area (Å²) in [4.78, 5) is 45.6. The van der Waals surface area contributed by atoms with Gasteiger partial charge in [-0.15, -0.1) is 11.3 Å². The van der Waals surface area contributed by atoms with E-state index in [0.717, 1.165) is 28.3 Å². The number of rotatable bonds is 4. The molecule has 160 valence electrons. The molecule has 0 unspecified atom stereocenters. The lowest BCUT2D eigenvalue weighted by Crippen LogP contribution is -2.46. The molecule has 0 radical (unpaired) electrons. The van der Waals surface area contributed by atoms with E-state index >= 15 is 0 Å². The molecule has 31 heavy (non-hydrogen) atoms. The minimum absolute atomic E-state index is 0.227. The summed E-state index contributed by atoms with van der Waals surface area (Å²) in [6.45, 7) is 2.48. The van der Waals surface area contributed by atoms with Gasteiger partial charge in [-0.1, -0.05) is 12.1 Å². The molecule has 1 atom stereocenters. The predicted octanol–water partition coefficient (Wildman–Crippen LogP) is 3.06. The number of nitrogens with zero attached hydrogens (tertiary/aromatic N) is 3. The summed E-state index contributed by atoms with van der Waals surface area (Å²) in [5, 5.41) is 3.76. The van der Waals surface area contributed by atoms with Crippen molar-refractivity contribution in [3.8, 4) is 0 Å². The second kappa shape index (κ2) is 7.49. The molecule has 2 aromatic heterocycles. The lowest BCUT2D eigenvalue weighted by molar-refractivity contribution is -0.139. The van der Waals surface area contributed by atoms with Crippen LogP contribution in [0.15, 0.2) is 47.1 Å². The zero-order valence-corrected chi connectivity index (χ0v) is 17.9. The van der Waals surface area contributed by atoms with Crippen molar-refractivity contribution in [3.63, 3.8) is 0 Å². The smallest absolute Gasteiger partial charge is 0.325 e. The van der Waals surface area contributed by atoms with E-state index in [1.165, 1.54) is 11.0 Å². The first-order valence-electron chi connectivity index (χ1n) is 10.3. The Balaban J connectivity index is 1.22. The number of thiazole rings is 1. The zero-order valence-electron chi connectivity index (χ0n) is 17.0. The number of imide groups is 1. The fourth-order valence-corrected chi connectivity index (χ4v) is 5.38. The van der Waals surface area contributed by atoms with Gasteiger partial charge in [0.25, 0.3) is 5.91 Å². The number of para-hydroxylation sites is 1. The van der Waals surface area contributed by atoms with Gasteiger partial charge in [-0.25, -0.2) is 9.78 Å². The molecule has 2 fully saturated rings. The van der Waals surface area contributed by atoms with Crippen LogP contribution in [0.3, 0.4) is 0 Å². The highest BCUT2D eigenvalue weighted by Crippen LogP contribution is 2.34. The molecule has 1 N–H and O–H groups in total. The van der Waals surface area contributed by atoms with Gasteiger partial charge in [-0.3, -0.25) is 14.5 Å². The molecular formula is C22H22N4O4S. The number of carbonyl (C=O) groups is 3. The SMILES string of the molecule is C[C@]1(c2ccco2)NC(=O)N(CC(=O)N2CCC(c3nc4ccccc4s3)CC2)C1=O. The number of piperidine rings is 1. The van der Waals surface area contributed by atoms with Crippen LogP contribution in [0.1, 0.15) is 36.5 Å². The minimum Gasteiger partial charge on any atom is -0.466 e. The van der Waals surface area contributed by atoms with Gasteiger partial charge in [0.2, 0.25) is 5.91 Å². The van der Waals surface area contributed by atoms with Crippen LogP contribution in [0.25, 0.3) is 10.2 Å². The standard InChI is InChI=1S/C22H22N4O4S/c1-22(17-7-4-12-30-17)20(28)26(21(29)24-22)13-18(27)25-10-8-14(9-11-25)19-23-15-5-2-3-6-16(15)31-19/h2-7,12,14H,8-11,13H2,1H3,(H,24,29)/t22-/m1/s1. The maximum absolute atomic E-state index is 12.9. The molecule has 3 aromatic rings. The van der Waals surface area contributed by atoms with Gasteiger partial charge in [0.1, 0.15) is 12.3 Å². The monoisotopic (exact) mass is 438 g/mol. The van der Waals surface area contributed by atoms with Crippen molar-refractivity contribution in [2.24, 2.45) is 0 Å². The normalized spacial score (nSPS) is 22.4. The molecule has 2 saturated heterocycles. The molecule has 8 nitrogen and oxygen atoms in total. The molecule has 0 saturated carbocycles. The van der Waals surface area contributed by atoms with Gasteiger partial charge in [0, 0.05) is 19.0 Å². The van der Waals surface area contributed by atoms with Crippen LogP contribution in [0.4, 0.5) is 4.79 Å². The highest BCUT2D eigenvalue weighted by molar-refractivity contribution is 7.18. The van der Waals surface area contributed by atoms with E-state index in [4.69, 9.17) is 9.40 Å². The molecular weight excluding hydrogens is 416 g/mol. The Morgan fingerprint density at radius 1 is 1.23 bits per heavy atom. The number of nitrogens with one attached hydrogen (secondary N) is 1. The third kappa shape index (κ3) is 3.38. The molecule has 2 aliphatic heterocycles. The number of urea groups is 1. The Morgan fingerprint density at radius 2 is 2.00 bits per heavy atom.